The van der Waals surface area contributed by atoms with Gasteiger partial charge in [0.2, 0.25) is 12.1 Å². The normalized spacial score (nSPS) is 37.1. The Labute approximate surface area is 511 Å². The van der Waals surface area contributed by atoms with E-state index in [1.807, 2.05) is 0 Å². The van der Waals surface area contributed by atoms with E-state index in [0.29, 0.717) is 5.56 Å². The van der Waals surface area contributed by atoms with E-state index in [-0.39, 0.29) is 28.4 Å². The van der Waals surface area contributed by atoms with Crippen molar-refractivity contribution in [2.75, 3.05) is 40.1 Å². The van der Waals surface area contributed by atoms with Gasteiger partial charge in [0.1, 0.15) is 117 Å². The monoisotopic (exact) mass is 1280 g/mol. The minimum absolute atomic E-state index is 0.0110. The zero-order chi connectivity index (χ0) is 65.3. The molecule has 5 saturated heterocycles. The van der Waals surface area contributed by atoms with Crippen molar-refractivity contribution >= 4 is 36.0 Å². The second-order valence-corrected chi connectivity index (χ2v) is 21.4. The highest BCUT2D eigenvalue weighted by atomic mass is 16.8. The average molecular weight is 1280 g/mol. The van der Waals surface area contributed by atoms with Crippen molar-refractivity contribution in [3.8, 4) is 17.2 Å². The number of aliphatic hydroxyl groups is 13. The summed E-state index contributed by atoms with van der Waals surface area (Å²) in [5.41, 5.74) is 0.446. The van der Waals surface area contributed by atoms with E-state index in [1.165, 1.54) is 92.9 Å². The molecule has 24 atom stereocenters. The molecule has 0 aliphatic carbocycles. The molecule has 0 saturated carbocycles. The van der Waals surface area contributed by atoms with E-state index in [2.05, 4.69) is 0 Å². The first-order valence-corrected chi connectivity index (χ1v) is 28.1. The lowest BCUT2D eigenvalue weighted by atomic mass is 9.95. The maximum atomic E-state index is 14.4. The highest BCUT2D eigenvalue weighted by Gasteiger charge is 2.64. The van der Waals surface area contributed by atoms with Crippen LogP contribution in [-0.2, 0) is 71.2 Å². The summed E-state index contributed by atoms with van der Waals surface area (Å²) in [6, 6.07) is 16.7. The fourth-order valence-corrected chi connectivity index (χ4v) is 10.2. The number of carbonyl (C=O) groups excluding carboxylic acids is 4. The summed E-state index contributed by atoms with van der Waals surface area (Å²) in [6.07, 6.45) is -41.3. The molecule has 24 unspecified atom stereocenters. The second kappa shape index (κ2) is 30.8. The molecule has 0 aromatic heterocycles. The van der Waals surface area contributed by atoms with E-state index in [0.717, 1.165) is 19.1 Å². The van der Waals surface area contributed by atoms with Gasteiger partial charge < -0.3 is 138 Å². The third-order valence-electron chi connectivity index (χ3n) is 15.2. The van der Waals surface area contributed by atoms with Gasteiger partial charge in [-0.05, 0) is 66.6 Å². The van der Waals surface area contributed by atoms with Gasteiger partial charge in [0, 0.05) is 19.1 Å². The third-order valence-corrected chi connectivity index (χ3v) is 15.2. The molecular formula is C58H72O32. The standard InChI is InChI=1S/C58H72O32/c1-25-39(66)43(70)46(73)54(80-25)81-31-16-11-28(19-32(31)77-3)13-18-38(65)85-49-36(23-78-26(2)62)84-57(51(87-56-48(75)45(72)41(68)34(21-60)83-56)50(49)86-55-47(74)44(71)40(67)33(20-59)82-55)90-58(24-79-37(64)17-12-27-9-14-30(63)15-10-27)52(42(69)35(22-61)89-58)88-53(76)29-7-5-4-6-8-29/h4-19,25,33-36,39-52,54-57,59-61,63,66-75H,20-24H2,1-3H3. The van der Waals surface area contributed by atoms with Crippen LogP contribution in [0.4, 0.5) is 0 Å². The first-order valence-electron chi connectivity index (χ1n) is 28.1. The molecule has 0 spiro atoms. The number of benzene rings is 3. The maximum Gasteiger partial charge on any atom is 0.338 e. The van der Waals surface area contributed by atoms with Crippen molar-refractivity contribution in [2.24, 2.45) is 0 Å². The SMILES string of the molecule is COc1cc(C=CC(=O)OC2C(COC(C)=O)OC(OC3(COC(=O)C=Cc4ccc(O)cc4)OC(CO)C(O)C3OC(=O)c3ccccc3)C(OC3OC(CO)C(O)C(O)C3O)C2OC2OC(CO)C(O)C(O)C2O)ccc1OC1OC(C)C(O)C(O)C1O. The zero-order valence-electron chi connectivity index (χ0n) is 48.2. The van der Waals surface area contributed by atoms with E-state index in [9.17, 15) is 90.7 Å². The number of aliphatic hydroxyl groups excluding tert-OH is 13. The number of methoxy groups -OCH3 is 1. The Bertz CT molecular complexity index is 2910. The summed E-state index contributed by atoms with van der Waals surface area (Å²) >= 11 is 0. The van der Waals surface area contributed by atoms with Gasteiger partial charge in [0.25, 0.3) is 0 Å². The minimum atomic E-state index is -2.94. The molecule has 32 nitrogen and oxygen atoms in total. The molecular weight excluding hydrogens is 1210 g/mol. The number of ether oxygens (including phenoxy) is 14. The lowest BCUT2D eigenvalue weighted by molar-refractivity contribution is -0.421. The molecule has 8 rings (SSSR count). The molecule has 0 radical (unpaired) electrons. The van der Waals surface area contributed by atoms with Gasteiger partial charge in [-0.1, -0.05) is 36.4 Å². The van der Waals surface area contributed by atoms with Crippen molar-refractivity contribution < 1.29 is 157 Å². The van der Waals surface area contributed by atoms with E-state index < -0.39 is 204 Å². The fourth-order valence-electron chi connectivity index (χ4n) is 10.2. The van der Waals surface area contributed by atoms with Gasteiger partial charge in [-0.3, -0.25) is 4.79 Å². The number of rotatable bonds is 23. The molecule has 5 aliphatic rings. The number of phenols is 1. The average Bonchev–Trinajstić information content (AvgIpc) is 1.42. The molecule has 0 amide bonds. The minimum Gasteiger partial charge on any atom is -0.508 e. The van der Waals surface area contributed by atoms with Crippen LogP contribution in [0.3, 0.4) is 0 Å². The number of hydrogen-bond acceptors (Lipinski definition) is 32. The molecule has 5 heterocycles. The Morgan fingerprint density at radius 3 is 1.70 bits per heavy atom. The summed E-state index contributed by atoms with van der Waals surface area (Å²) in [7, 11) is 1.25. The first-order chi connectivity index (χ1) is 42.9. The predicted octanol–water partition coefficient (Wildman–Crippen LogP) is -4.86. The summed E-state index contributed by atoms with van der Waals surface area (Å²) in [4.78, 5) is 54.8. The van der Waals surface area contributed by atoms with Crippen molar-refractivity contribution in [2.45, 2.75) is 161 Å². The van der Waals surface area contributed by atoms with Gasteiger partial charge in [0.15, 0.2) is 42.6 Å². The number of aromatic hydroxyl groups is 1. The van der Waals surface area contributed by atoms with Crippen LogP contribution in [0.15, 0.2) is 84.9 Å². The molecule has 496 valence electrons. The van der Waals surface area contributed by atoms with Crippen LogP contribution >= 0.6 is 0 Å². The van der Waals surface area contributed by atoms with Gasteiger partial charge >= 0.3 is 23.9 Å². The Morgan fingerprint density at radius 1 is 0.544 bits per heavy atom. The van der Waals surface area contributed by atoms with Crippen LogP contribution in [-0.4, -0.2) is 282 Å². The Morgan fingerprint density at radius 2 is 1.10 bits per heavy atom. The fraction of sp³-hybridized carbons (Fsp3) is 0.552. The predicted molar refractivity (Wildman–Crippen MR) is 293 cm³/mol. The molecule has 14 N–H and O–H groups in total. The Kier molecular flexibility index (Phi) is 23.8. The Balaban J connectivity index is 1.23. The van der Waals surface area contributed by atoms with Crippen molar-refractivity contribution in [1.29, 1.82) is 0 Å². The summed E-state index contributed by atoms with van der Waals surface area (Å²) in [5.74, 6) is -7.74. The van der Waals surface area contributed by atoms with Gasteiger partial charge in [-0.2, -0.15) is 0 Å². The molecule has 32 heteroatoms. The summed E-state index contributed by atoms with van der Waals surface area (Å²) < 4.78 is 83.1. The van der Waals surface area contributed by atoms with E-state index >= 15 is 0 Å². The van der Waals surface area contributed by atoms with Crippen molar-refractivity contribution in [1.82, 2.24) is 0 Å². The molecule has 5 fully saturated rings. The largest absolute Gasteiger partial charge is 0.508 e. The quantitative estimate of drug-likeness (QED) is 0.0240. The zero-order valence-corrected chi connectivity index (χ0v) is 48.2. The smallest absolute Gasteiger partial charge is 0.338 e. The Hall–Kier alpha value is -6.42. The van der Waals surface area contributed by atoms with Crippen LogP contribution < -0.4 is 9.47 Å². The summed E-state index contributed by atoms with van der Waals surface area (Å²) in [5, 5.41) is 151. The highest BCUT2D eigenvalue weighted by molar-refractivity contribution is 5.90. The molecule has 5 aliphatic heterocycles. The number of phenolic OH excluding ortho intramolecular Hbond substituents is 1. The van der Waals surface area contributed by atoms with Crippen LogP contribution in [0.25, 0.3) is 12.2 Å². The van der Waals surface area contributed by atoms with Crippen LogP contribution in [0, 0.1) is 0 Å². The van der Waals surface area contributed by atoms with E-state index in [1.54, 1.807) is 6.07 Å². The topological polar surface area (TPSA) is 481 Å². The van der Waals surface area contributed by atoms with Gasteiger partial charge in [-0.25, -0.2) is 14.4 Å². The highest BCUT2D eigenvalue weighted by Crippen LogP contribution is 2.43. The van der Waals surface area contributed by atoms with Crippen LogP contribution in [0.5, 0.6) is 17.2 Å². The summed E-state index contributed by atoms with van der Waals surface area (Å²) in [6.45, 7) is -2.95. The molecule has 0 bridgehead atoms. The third kappa shape index (κ3) is 16.1. The molecule has 3 aromatic carbocycles. The van der Waals surface area contributed by atoms with E-state index in [4.69, 9.17) is 66.3 Å². The van der Waals surface area contributed by atoms with Crippen LogP contribution in [0.2, 0.25) is 0 Å². The van der Waals surface area contributed by atoms with Crippen molar-refractivity contribution in [3.05, 3.63) is 102 Å². The van der Waals surface area contributed by atoms with Crippen LogP contribution in [0.1, 0.15) is 35.3 Å². The van der Waals surface area contributed by atoms with Crippen molar-refractivity contribution in [3.63, 3.8) is 0 Å². The van der Waals surface area contributed by atoms with Gasteiger partial charge in [-0.15, -0.1) is 0 Å². The first kappa shape index (κ1) is 69.5. The second-order valence-electron chi connectivity index (χ2n) is 21.4. The lowest BCUT2D eigenvalue weighted by Gasteiger charge is -2.50. The molecule has 3 aromatic rings. The maximum absolute atomic E-state index is 14.4. The molecule has 90 heavy (non-hydrogen) atoms. The number of carbonyl (C=O) groups is 4. The number of hydrogen-bond donors (Lipinski definition) is 14. The lowest BCUT2D eigenvalue weighted by Crippen LogP contribution is -2.69. The van der Waals surface area contributed by atoms with Gasteiger partial charge in [0.05, 0.1) is 38.6 Å². The number of esters is 4.